The van der Waals surface area contributed by atoms with Crippen LogP contribution in [0.2, 0.25) is 0 Å². The Kier molecular flexibility index (Phi) is 4.37. The number of fused-ring (bicyclic) bond motifs is 1. The van der Waals surface area contributed by atoms with E-state index in [0.29, 0.717) is 11.3 Å². The number of rotatable bonds is 4. The van der Waals surface area contributed by atoms with Gasteiger partial charge in [-0.1, -0.05) is 48.5 Å². The van der Waals surface area contributed by atoms with E-state index in [1.54, 1.807) is 24.3 Å². The van der Waals surface area contributed by atoms with Crippen LogP contribution in [0.3, 0.4) is 0 Å². The molecular weight excluding hydrogens is 368 g/mol. The molecule has 2 unspecified atom stereocenters. The Labute approximate surface area is 167 Å². The van der Waals surface area contributed by atoms with Crippen molar-refractivity contribution >= 4 is 23.3 Å². The third-order valence-corrected chi connectivity index (χ3v) is 5.61. The molecule has 2 heterocycles. The first-order valence-corrected chi connectivity index (χ1v) is 9.09. The number of carbonyl (C=O) groups excluding carboxylic acids is 3. The standard InChI is InChI=1S/C22H16N4O3/c23-10-15(11-24)22(16-8-4-5-9-17(16)25-21(22)29)19-18(27)13-26(20(19)28)12-14-6-2-1-3-7-14/h1-9,15,19H,12-13H2,(H,25,29). The summed E-state index contributed by atoms with van der Waals surface area (Å²) in [4.78, 5) is 40.8. The van der Waals surface area contributed by atoms with Gasteiger partial charge >= 0.3 is 0 Å². The normalized spacial score (nSPS) is 22.9. The molecule has 2 aromatic rings. The van der Waals surface area contributed by atoms with E-state index in [2.05, 4.69) is 5.32 Å². The van der Waals surface area contributed by atoms with Gasteiger partial charge in [-0.2, -0.15) is 10.5 Å². The predicted molar refractivity (Wildman–Crippen MR) is 102 cm³/mol. The Morgan fingerprint density at radius 2 is 1.69 bits per heavy atom. The van der Waals surface area contributed by atoms with Gasteiger partial charge in [-0.05, 0) is 17.2 Å². The van der Waals surface area contributed by atoms with Gasteiger partial charge in [0.15, 0.2) is 11.7 Å². The summed E-state index contributed by atoms with van der Waals surface area (Å²) in [6.07, 6.45) is 0. The minimum atomic E-state index is -1.86. The van der Waals surface area contributed by atoms with Crippen LogP contribution in [-0.2, 0) is 26.3 Å². The van der Waals surface area contributed by atoms with E-state index in [1.807, 2.05) is 42.5 Å². The summed E-state index contributed by atoms with van der Waals surface area (Å²) < 4.78 is 0. The van der Waals surface area contributed by atoms with Crippen LogP contribution >= 0.6 is 0 Å². The average molecular weight is 384 g/mol. The molecule has 7 nitrogen and oxygen atoms in total. The predicted octanol–water partition coefficient (Wildman–Crippen LogP) is 1.77. The maximum Gasteiger partial charge on any atom is 0.238 e. The minimum absolute atomic E-state index is 0.167. The highest BCUT2D eigenvalue weighted by atomic mass is 16.2. The minimum Gasteiger partial charge on any atom is -0.330 e. The maximum absolute atomic E-state index is 13.3. The van der Waals surface area contributed by atoms with Crippen LogP contribution in [0.1, 0.15) is 11.1 Å². The van der Waals surface area contributed by atoms with Crippen molar-refractivity contribution in [1.82, 2.24) is 4.90 Å². The molecular formula is C22H16N4O3. The maximum atomic E-state index is 13.3. The molecule has 4 rings (SSSR count). The van der Waals surface area contributed by atoms with Crippen molar-refractivity contribution in [3.8, 4) is 12.1 Å². The van der Waals surface area contributed by atoms with Crippen molar-refractivity contribution < 1.29 is 14.4 Å². The zero-order valence-electron chi connectivity index (χ0n) is 15.3. The lowest BCUT2D eigenvalue weighted by molar-refractivity contribution is -0.140. The lowest BCUT2D eigenvalue weighted by Crippen LogP contribution is -2.52. The van der Waals surface area contributed by atoms with Crippen molar-refractivity contribution in [2.45, 2.75) is 12.0 Å². The molecule has 7 heteroatoms. The number of ketones is 1. The fourth-order valence-corrected chi connectivity index (χ4v) is 4.34. The van der Waals surface area contributed by atoms with Crippen LogP contribution in [-0.4, -0.2) is 29.0 Å². The van der Waals surface area contributed by atoms with Gasteiger partial charge in [-0.15, -0.1) is 0 Å². The molecule has 0 radical (unpaired) electrons. The van der Waals surface area contributed by atoms with E-state index in [9.17, 15) is 24.9 Å². The number of hydrogen-bond donors (Lipinski definition) is 1. The van der Waals surface area contributed by atoms with Gasteiger partial charge in [0.25, 0.3) is 0 Å². The van der Waals surface area contributed by atoms with E-state index in [0.717, 1.165) is 5.56 Å². The number of nitrogens with one attached hydrogen (secondary N) is 1. The number of likely N-dealkylation sites (tertiary alicyclic amines) is 1. The SMILES string of the molecule is N#CC(C#N)C1(C2C(=O)CN(Cc3ccccc3)C2=O)C(=O)Nc2ccccc21. The van der Waals surface area contributed by atoms with Crippen LogP contribution in [0, 0.1) is 34.5 Å². The summed E-state index contributed by atoms with van der Waals surface area (Å²) in [6.45, 7) is 0.0458. The largest absolute Gasteiger partial charge is 0.330 e. The average Bonchev–Trinajstić information content (AvgIpc) is 3.17. The van der Waals surface area contributed by atoms with Crippen LogP contribution in [0.15, 0.2) is 54.6 Å². The molecule has 1 N–H and O–H groups in total. The third-order valence-electron chi connectivity index (χ3n) is 5.61. The summed E-state index contributed by atoms with van der Waals surface area (Å²) in [7, 11) is 0. The number of para-hydroxylation sites is 1. The van der Waals surface area contributed by atoms with E-state index < -0.39 is 34.8 Å². The topological polar surface area (TPSA) is 114 Å². The van der Waals surface area contributed by atoms with Gasteiger partial charge in [0.2, 0.25) is 11.8 Å². The number of amides is 2. The Morgan fingerprint density at radius 1 is 1.03 bits per heavy atom. The van der Waals surface area contributed by atoms with Crippen molar-refractivity contribution in [2.75, 3.05) is 11.9 Å². The van der Waals surface area contributed by atoms with Gasteiger partial charge < -0.3 is 10.2 Å². The molecule has 2 aliphatic heterocycles. The molecule has 0 saturated carbocycles. The highest BCUT2D eigenvalue weighted by Crippen LogP contribution is 2.50. The molecule has 0 aromatic heterocycles. The molecule has 2 amide bonds. The molecule has 0 aliphatic carbocycles. The first kappa shape index (κ1) is 18.4. The molecule has 0 spiro atoms. The number of nitrogens with zero attached hydrogens (tertiary/aromatic N) is 3. The van der Waals surface area contributed by atoms with Crippen LogP contribution in [0.4, 0.5) is 5.69 Å². The smallest absolute Gasteiger partial charge is 0.238 e. The fourth-order valence-electron chi connectivity index (χ4n) is 4.34. The Morgan fingerprint density at radius 3 is 2.38 bits per heavy atom. The lowest BCUT2D eigenvalue weighted by Gasteiger charge is -2.32. The number of anilines is 1. The molecule has 2 aromatic carbocycles. The Hall–Kier alpha value is -3.97. The van der Waals surface area contributed by atoms with E-state index >= 15 is 0 Å². The molecule has 29 heavy (non-hydrogen) atoms. The Balaban J connectivity index is 1.82. The van der Waals surface area contributed by atoms with E-state index in [-0.39, 0.29) is 13.1 Å². The molecule has 2 aliphatic rings. The van der Waals surface area contributed by atoms with Gasteiger partial charge in [-0.3, -0.25) is 14.4 Å². The number of benzene rings is 2. The highest BCUT2D eigenvalue weighted by Gasteiger charge is 2.65. The molecule has 2 atom stereocenters. The van der Waals surface area contributed by atoms with Crippen molar-refractivity contribution in [3.63, 3.8) is 0 Å². The number of carbonyl (C=O) groups is 3. The number of Topliss-reactive ketones (excluding diaryl/α,β-unsaturated/α-hetero) is 1. The molecule has 1 saturated heterocycles. The zero-order valence-corrected chi connectivity index (χ0v) is 15.3. The third kappa shape index (κ3) is 2.60. The van der Waals surface area contributed by atoms with Crippen LogP contribution < -0.4 is 5.32 Å². The van der Waals surface area contributed by atoms with E-state index in [4.69, 9.17) is 0 Å². The molecule has 0 bridgehead atoms. The van der Waals surface area contributed by atoms with Crippen molar-refractivity contribution in [3.05, 3.63) is 65.7 Å². The summed E-state index contributed by atoms with van der Waals surface area (Å²) in [6, 6.07) is 19.5. The van der Waals surface area contributed by atoms with Gasteiger partial charge in [-0.25, -0.2) is 0 Å². The fraction of sp³-hybridized carbons (Fsp3) is 0.227. The summed E-state index contributed by atoms with van der Waals surface area (Å²) in [5, 5.41) is 21.9. The summed E-state index contributed by atoms with van der Waals surface area (Å²) in [5.74, 6) is -4.57. The van der Waals surface area contributed by atoms with Crippen molar-refractivity contribution in [1.29, 1.82) is 10.5 Å². The zero-order chi connectivity index (χ0) is 20.6. The first-order chi connectivity index (χ1) is 14.0. The number of nitriles is 2. The molecule has 1 fully saturated rings. The van der Waals surface area contributed by atoms with Crippen LogP contribution in [0.5, 0.6) is 0 Å². The quantitative estimate of drug-likeness (QED) is 0.807. The number of hydrogen-bond acceptors (Lipinski definition) is 5. The second-order valence-corrected chi connectivity index (χ2v) is 7.14. The van der Waals surface area contributed by atoms with Crippen LogP contribution in [0.25, 0.3) is 0 Å². The lowest BCUT2D eigenvalue weighted by atomic mass is 9.62. The second-order valence-electron chi connectivity index (χ2n) is 7.14. The van der Waals surface area contributed by atoms with Crippen molar-refractivity contribution in [2.24, 2.45) is 11.8 Å². The van der Waals surface area contributed by atoms with E-state index in [1.165, 1.54) is 4.90 Å². The van der Waals surface area contributed by atoms with Gasteiger partial charge in [0, 0.05) is 12.2 Å². The monoisotopic (exact) mass is 384 g/mol. The summed E-state index contributed by atoms with van der Waals surface area (Å²) in [5.41, 5.74) is -0.266. The van der Waals surface area contributed by atoms with Gasteiger partial charge in [0.05, 0.1) is 18.7 Å². The van der Waals surface area contributed by atoms with Gasteiger partial charge in [0.1, 0.15) is 11.3 Å². The second kappa shape index (κ2) is 6.88. The highest BCUT2D eigenvalue weighted by molar-refractivity contribution is 6.19. The Bertz CT molecular complexity index is 1090. The summed E-state index contributed by atoms with van der Waals surface area (Å²) >= 11 is 0. The molecule has 142 valence electrons. The first-order valence-electron chi connectivity index (χ1n) is 9.09.